The molecule has 104 valence electrons. The normalized spacial score (nSPS) is 20.4. The molecule has 1 aromatic heterocycles. The van der Waals surface area contributed by atoms with Gasteiger partial charge in [0.15, 0.2) is 0 Å². The molecule has 0 saturated carbocycles. The quantitative estimate of drug-likeness (QED) is 0.923. The molecule has 2 rings (SSSR count). The van der Waals surface area contributed by atoms with Gasteiger partial charge >= 0.3 is 5.97 Å². The third kappa shape index (κ3) is 3.35. The Balaban J connectivity index is 2.07. The number of nitrogens with zero attached hydrogens (tertiary/aromatic N) is 1. The number of carbonyl (C=O) groups excluding carboxylic acids is 1. The van der Waals surface area contributed by atoms with Crippen LogP contribution in [-0.4, -0.2) is 28.4 Å². The van der Waals surface area contributed by atoms with Crippen molar-refractivity contribution in [2.75, 3.05) is 6.54 Å². The highest BCUT2D eigenvalue weighted by Gasteiger charge is 2.23. The lowest BCUT2D eigenvalue weighted by Gasteiger charge is -2.20. The van der Waals surface area contributed by atoms with E-state index in [1.165, 1.54) is 11.3 Å². The van der Waals surface area contributed by atoms with E-state index < -0.39 is 5.97 Å². The van der Waals surface area contributed by atoms with Crippen LogP contribution in [0.3, 0.4) is 0 Å². The Morgan fingerprint density at radius 3 is 3.00 bits per heavy atom. The van der Waals surface area contributed by atoms with Crippen molar-refractivity contribution in [1.82, 2.24) is 4.90 Å². The molecule has 19 heavy (non-hydrogen) atoms. The predicted octanol–water partition coefficient (Wildman–Crippen LogP) is 2.99. The molecule has 0 spiro atoms. The number of rotatable bonds is 4. The molecule has 1 amide bonds. The first-order valence-corrected chi connectivity index (χ1v) is 7.57. The van der Waals surface area contributed by atoms with Gasteiger partial charge in [-0.1, -0.05) is 13.3 Å². The Morgan fingerprint density at radius 1 is 1.53 bits per heavy atom. The minimum Gasteiger partial charge on any atom is -0.477 e. The Bertz CT molecular complexity index is 469. The van der Waals surface area contributed by atoms with Crippen LogP contribution in [-0.2, 0) is 11.3 Å². The number of aromatic carboxylic acids is 1. The standard InChI is InChI=1S/C14H19NO3S/c1-2-10-3-4-12(16)15(7-5-10)9-11-6-8-19-13(11)14(17)18/h6,8,10H,2-5,7,9H2,1H3,(H,17,18). The van der Waals surface area contributed by atoms with E-state index in [4.69, 9.17) is 5.11 Å². The van der Waals surface area contributed by atoms with E-state index in [0.29, 0.717) is 23.8 Å². The van der Waals surface area contributed by atoms with E-state index in [-0.39, 0.29) is 5.91 Å². The molecule has 0 radical (unpaired) electrons. The number of likely N-dealkylation sites (tertiary alicyclic amines) is 1. The van der Waals surface area contributed by atoms with Gasteiger partial charge in [-0.05, 0) is 35.8 Å². The molecule has 1 N–H and O–H groups in total. The number of carboxylic acid groups (broad SMARTS) is 1. The number of amides is 1. The van der Waals surface area contributed by atoms with Gasteiger partial charge in [0.1, 0.15) is 4.88 Å². The summed E-state index contributed by atoms with van der Waals surface area (Å²) in [6.07, 6.45) is 3.68. The number of hydrogen-bond donors (Lipinski definition) is 1. The van der Waals surface area contributed by atoms with Gasteiger partial charge in [0.2, 0.25) is 5.91 Å². The molecule has 1 fully saturated rings. The summed E-state index contributed by atoms with van der Waals surface area (Å²) in [5.74, 6) is -0.132. The minimum atomic E-state index is -0.904. The van der Waals surface area contributed by atoms with E-state index in [1.807, 2.05) is 11.0 Å². The summed E-state index contributed by atoms with van der Waals surface area (Å²) in [7, 11) is 0. The number of carboxylic acids is 1. The first kappa shape index (κ1) is 14.1. The average molecular weight is 281 g/mol. The highest BCUT2D eigenvalue weighted by Crippen LogP contribution is 2.24. The molecule has 5 heteroatoms. The van der Waals surface area contributed by atoms with E-state index in [2.05, 4.69) is 6.92 Å². The second kappa shape index (κ2) is 6.19. The smallest absolute Gasteiger partial charge is 0.346 e. The monoisotopic (exact) mass is 281 g/mol. The van der Waals surface area contributed by atoms with Crippen molar-refractivity contribution in [3.8, 4) is 0 Å². The van der Waals surface area contributed by atoms with Crippen LogP contribution < -0.4 is 0 Å². The number of hydrogen-bond acceptors (Lipinski definition) is 3. The lowest BCUT2D eigenvalue weighted by molar-refractivity contribution is -0.131. The number of thiophene rings is 1. The average Bonchev–Trinajstić information content (AvgIpc) is 2.77. The maximum absolute atomic E-state index is 12.1. The van der Waals surface area contributed by atoms with Gasteiger partial charge in [-0.25, -0.2) is 4.79 Å². The largest absolute Gasteiger partial charge is 0.477 e. The Hall–Kier alpha value is -1.36. The van der Waals surface area contributed by atoms with Gasteiger partial charge in [0.05, 0.1) is 0 Å². The van der Waals surface area contributed by atoms with Gasteiger partial charge in [-0.3, -0.25) is 4.79 Å². The Morgan fingerprint density at radius 2 is 2.32 bits per heavy atom. The molecule has 0 aliphatic carbocycles. The third-order valence-corrected chi connectivity index (χ3v) is 4.75. The van der Waals surface area contributed by atoms with Crippen LogP contribution in [0.15, 0.2) is 11.4 Å². The van der Waals surface area contributed by atoms with Gasteiger partial charge in [-0.2, -0.15) is 0 Å². The fraction of sp³-hybridized carbons (Fsp3) is 0.571. The van der Waals surface area contributed by atoms with Crippen LogP contribution in [0.2, 0.25) is 0 Å². The SMILES string of the molecule is CCC1CCC(=O)N(Cc2ccsc2C(=O)O)CC1. The maximum atomic E-state index is 12.1. The Labute approximate surface area is 117 Å². The molecule has 1 aliphatic rings. The van der Waals surface area contributed by atoms with Crippen LogP contribution in [0.5, 0.6) is 0 Å². The fourth-order valence-corrected chi connectivity index (χ4v) is 3.28. The van der Waals surface area contributed by atoms with Crippen molar-refractivity contribution in [1.29, 1.82) is 0 Å². The first-order valence-electron chi connectivity index (χ1n) is 6.69. The lowest BCUT2D eigenvalue weighted by atomic mass is 9.98. The van der Waals surface area contributed by atoms with Crippen molar-refractivity contribution < 1.29 is 14.7 Å². The van der Waals surface area contributed by atoms with Gasteiger partial charge < -0.3 is 10.0 Å². The molecule has 0 aromatic carbocycles. The topological polar surface area (TPSA) is 57.6 Å². The summed E-state index contributed by atoms with van der Waals surface area (Å²) < 4.78 is 0. The van der Waals surface area contributed by atoms with Gasteiger partial charge in [0.25, 0.3) is 0 Å². The molecule has 1 aromatic rings. The molecule has 0 bridgehead atoms. The highest BCUT2D eigenvalue weighted by molar-refractivity contribution is 7.12. The highest BCUT2D eigenvalue weighted by atomic mass is 32.1. The fourth-order valence-electron chi connectivity index (χ4n) is 2.52. The molecule has 1 saturated heterocycles. The van der Waals surface area contributed by atoms with Crippen LogP contribution in [0.1, 0.15) is 47.8 Å². The van der Waals surface area contributed by atoms with Crippen molar-refractivity contribution in [3.05, 3.63) is 21.9 Å². The summed E-state index contributed by atoms with van der Waals surface area (Å²) in [4.78, 5) is 25.3. The molecule has 4 nitrogen and oxygen atoms in total. The first-order chi connectivity index (χ1) is 9.11. The van der Waals surface area contributed by atoms with E-state index in [9.17, 15) is 9.59 Å². The van der Waals surface area contributed by atoms with Gasteiger partial charge in [0, 0.05) is 19.5 Å². The van der Waals surface area contributed by atoms with Gasteiger partial charge in [-0.15, -0.1) is 11.3 Å². The predicted molar refractivity (Wildman–Crippen MR) is 74.3 cm³/mol. The summed E-state index contributed by atoms with van der Waals surface area (Å²) in [5, 5.41) is 10.9. The van der Waals surface area contributed by atoms with Crippen molar-refractivity contribution in [2.24, 2.45) is 5.92 Å². The summed E-state index contributed by atoms with van der Waals surface area (Å²) in [6.45, 7) is 3.33. The van der Waals surface area contributed by atoms with Crippen LogP contribution in [0, 0.1) is 5.92 Å². The lowest BCUT2D eigenvalue weighted by Crippen LogP contribution is -2.30. The molecule has 1 unspecified atom stereocenters. The summed E-state index contributed by atoms with van der Waals surface area (Å²) in [6, 6.07) is 1.81. The maximum Gasteiger partial charge on any atom is 0.346 e. The molecule has 1 atom stereocenters. The minimum absolute atomic E-state index is 0.151. The number of carbonyl (C=O) groups is 2. The van der Waals surface area contributed by atoms with E-state index in [1.54, 1.807) is 5.38 Å². The molecule has 2 heterocycles. The van der Waals surface area contributed by atoms with E-state index >= 15 is 0 Å². The Kier molecular flexibility index (Phi) is 4.58. The van der Waals surface area contributed by atoms with Crippen LogP contribution in [0.25, 0.3) is 0 Å². The molecular formula is C14H19NO3S. The second-order valence-corrected chi connectivity index (χ2v) is 5.91. The second-order valence-electron chi connectivity index (χ2n) is 5.00. The van der Waals surface area contributed by atoms with Crippen LogP contribution >= 0.6 is 11.3 Å². The van der Waals surface area contributed by atoms with Crippen LogP contribution in [0.4, 0.5) is 0 Å². The molecule has 1 aliphatic heterocycles. The molecular weight excluding hydrogens is 262 g/mol. The van der Waals surface area contributed by atoms with Crippen molar-refractivity contribution in [2.45, 2.75) is 39.2 Å². The zero-order chi connectivity index (χ0) is 13.8. The zero-order valence-corrected chi connectivity index (χ0v) is 11.9. The van der Waals surface area contributed by atoms with Crippen molar-refractivity contribution in [3.63, 3.8) is 0 Å². The summed E-state index contributed by atoms with van der Waals surface area (Å²) in [5.41, 5.74) is 0.751. The zero-order valence-electron chi connectivity index (χ0n) is 11.1. The van der Waals surface area contributed by atoms with Crippen molar-refractivity contribution >= 4 is 23.2 Å². The summed E-state index contributed by atoms with van der Waals surface area (Å²) >= 11 is 1.22. The van der Waals surface area contributed by atoms with E-state index in [0.717, 1.165) is 31.4 Å². The third-order valence-electron chi connectivity index (χ3n) is 3.81.